The van der Waals surface area contributed by atoms with Crippen molar-refractivity contribution in [2.24, 2.45) is 5.92 Å². The zero-order valence-electron chi connectivity index (χ0n) is 18.8. The van der Waals surface area contributed by atoms with E-state index in [2.05, 4.69) is 4.98 Å². The number of fused-ring (bicyclic) bond motifs is 4. The van der Waals surface area contributed by atoms with Gasteiger partial charge < -0.3 is 14.5 Å². The normalized spacial score (nSPS) is 28.3. The first kappa shape index (κ1) is 21.4. The van der Waals surface area contributed by atoms with Gasteiger partial charge in [0.05, 0.1) is 18.6 Å². The minimum atomic E-state index is -3.81. The maximum Gasteiger partial charge on any atom is 0.318 e. The number of hydrogen-bond donors (Lipinski definition) is 1. The molecule has 0 radical (unpaired) electrons. The number of carbonyl (C=O) groups is 2. The van der Waals surface area contributed by atoms with E-state index in [1.165, 1.54) is 11.4 Å². The zero-order chi connectivity index (χ0) is 23.8. The van der Waals surface area contributed by atoms with Crippen molar-refractivity contribution in [3.05, 3.63) is 65.4 Å². The second-order valence-corrected chi connectivity index (χ2v) is 11.3. The van der Waals surface area contributed by atoms with Gasteiger partial charge in [0.25, 0.3) is 0 Å². The fourth-order valence-corrected chi connectivity index (χ4v) is 7.58. The summed E-state index contributed by atoms with van der Waals surface area (Å²) in [4.78, 5) is 29.5. The number of methoxy groups -OCH3 is 1. The molecule has 176 valence electrons. The quantitative estimate of drug-likeness (QED) is 0.578. The molecule has 0 unspecified atom stereocenters. The van der Waals surface area contributed by atoms with Crippen LogP contribution in [0.2, 0.25) is 0 Å². The van der Waals surface area contributed by atoms with Gasteiger partial charge in [-0.1, -0.05) is 35.9 Å². The van der Waals surface area contributed by atoms with Gasteiger partial charge in [-0.25, -0.2) is 8.42 Å². The van der Waals surface area contributed by atoms with E-state index >= 15 is 0 Å². The Morgan fingerprint density at radius 2 is 1.91 bits per heavy atom. The number of sulfonamides is 1. The molecule has 1 aliphatic carbocycles. The Hall–Kier alpha value is -3.17. The third-order valence-electron chi connectivity index (χ3n) is 7.65. The molecule has 2 aromatic carbocycles. The molecule has 0 saturated carbocycles. The molecule has 3 aromatic rings. The number of nitrogens with zero attached hydrogens (tertiary/aromatic N) is 1. The number of ether oxygens (including phenoxy) is 2. The predicted molar refractivity (Wildman–Crippen MR) is 123 cm³/mol. The maximum absolute atomic E-state index is 13.5. The number of aromatic amines is 1. The first-order valence-corrected chi connectivity index (χ1v) is 12.7. The van der Waals surface area contributed by atoms with Crippen LogP contribution >= 0.6 is 0 Å². The van der Waals surface area contributed by atoms with Crippen molar-refractivity contribution in [2.75, 3.05) is 20.2 Å². The van der Waals surface area contributed by atoms with E-state index in [9.17, 15) is 18.0 Å². The van der Waals surface area contributed by atoms with Crippen molar-refractivity contribution in [2.45, 2.75) is 35.7 Å². The van der Waals surface area contributed by atoms with Crippen molar-refractivity contribution in [1.82, 2.24) is 9.29 Å². The Labute approximate surface area is 196 Å². The number of aromatic nitrogens is 1. The monoisotopic (exact) mass is 480 g/mol. The Balaban J connectivity index is 1.49. The molecule has 3 heterocycles. The lowest BCUT2D eigenvalue weighted by Crippen LogP contribution is -2.71. The van der Waals surface area contributed by atoms with Crippen LogP contribution in [0.5, 0.6) is 0 Å². The molecule has 0 amide bonds. The van der Waals surface area contributed by atoms with Crippen molar-refractivity contribution < 1.29 is 27.5 Å². The second-order valence-electron chi connectivity index (χ2n) is 9.35. The van der Waals surface area contributed by atoms with Crippen LogP contribution in [0.15, 0.2) is 53.4 Å². The van der Waals surface area contributed by atoms with Gasteiger partial charge >= 0.3 is 11.9 Å². The molecule has 1 aromatic heterocycles. The van der Waals surface area contributed by atoms with Crippen LogP contribution in [-0.2, 0) is 29.1 Å². The number of carbonyl (C=O) groups excluding carboxylic acids is 2. The van der Waals surface area contributed by atoms with Crippen LogP contribution < -0.4 is 0 Å². The number of hydrogen-bond acceptors (Lipinski definition) is 6. The number of para-hydroxylation sites is 1. The third kappa shape index (κ3) is 2.71. The molecule has 2 aliphatic heterocycles. The van der Waals surface area contributed by atoms with Gasteiger partial charge in [-0.05, 0) is 37.1 Å². The maximum atomic E-state index is 13.5. The number of piperidine rings is 1. The lowest BCUT2D eigenvalue weighted by Gasteiger charge is -2.59. The van der Waals surface area contributed by atoms with Crippen molar-refractivity contribution >= 4 is 32.9 Å². The molecular formula is C25H24N2O6S. The largest absolute Gasteiger partial charge is 0.468 e. The molecule has 1 spiro atoms. The summed E-state index contributed by atoms with van der Waals surface area (Å²) < 4.78 is 39.4. The topological polar surface area (TPSA) is 106 Å². The summed E-state index contributed by atoms with van der Waals surface area (Å²) in [5.74, 6) is -2.54. The van der Waals surface area contributed by atoms with Gasteiger partial charge in [0, 0.05) is 29.1 Å². The molecule has 9 heteroatoms. The Kier molecular flexibility index (Phi) is 4.50. The lowest BCUT2D eigenvalue weighted by atomic mass is 9.57. The molecule has 34 heavy (non-hydrogen) atoms. The van der Waals surface area contributed by atoms with Crippen LogP contribution in [0.3, 0.4) is 0 Å². The van der Waals surface area contributed by atoms with E-state index in [-0.39, 0.29) is 18.0 Å². The standard InChI is InChI=1S/C25H24N2O6S/c1-14-7-9-15(10-8-14)34(30,31)27-12-11-17-20(23(28)32-2)22-19(16-5-3-4-6-18(16)26-22)21-24(29)33-25(17,21)13-27/h3-10,17,20-21,26H,11-13H2,1-2H3/t17-,20+,21+,25+/m1/s1. The van der Waals surface area contributed by atoms with Gasteiger partial charge in [-0.2, -0.15) is 4.31 Å². The highest BCUT2D eigenvalue weighted by molar-refractivity contribution is 7.89. The molecular weight excluding hydrogens is 456 g/mol. The number of aryl methyl sites for hydroxylation is 1. The van der Waals surface area contributed by atoms with Crippen LogP contribution in [0.4, 0.5) is 0 Å². The molecule has 2 saturated heterocycles. The summed E-state index contributed by atoms with van der Waals surface area (Å²) in [5, 5.41) is 0.837. The molecule has 6 rings (SSSR count). The molecule has 4 atom stereocenters. The number of rotatable bonds is 3. The van der Waals surface area contributed by atoms with E-state index in [1.807, 2.05) is 31.2 Å². The second kappa shape index (κ2) is 7.16. The Morgan fingerprint density at radius 1 is 1.18 bits per heavy atom. The van der Waals surface area contributed by atoms with E-state index in [1.54, 1.807) is 24.3 Å². The minimum Gasteiger partial charge on any atom is -0.468 e. The van der Waals surface area contributed by atoms with Gasteiger partial charge in [0.15, 0.2) is 0 Å². The molecule has 2 fully saturated rings. The van der Waals surface area contributed by atoms with E-state index < -0.39 is 45.3 Å². The Bertz CT molecular complexity index is 1440. The van der Waals surface area contributed by atoms with Gasteiger partial charge in [0.2, 0.25) is 10.0 Å². The summed E-state index contributed by atoms with van der Waals surface area (Å²) in [6.07, 6.45) is 0.365. The first-order chi connectivity index (χ1) is 16.3. The number of H-pyrrole nitrogens is 1. The SMILES string of the molecule is COC(=O)[C@@H]1c2[nH]c3ccccc3c2[C@H]2C(=O)O[C@]23CN(S(=O)(=O)c2ccc(C)cc2)CC[C@H]13. The molecule has 8 nitrogen and oxygen atoms in total. The highest BCUT2D eigenvalue weighted by Crippen LogP contribution is 2.61. The van der Waals surface area contributed by atoms with Gasteiger partial charge in [-0.3, -0.25) is 9.59 Å². The van der Waals surface area contributed by atoms with Crippen molar-refractivity contribution in [1.29, 1.82) is 0 Å². The first-order valence-electron chi connectivity index (χ1n) is 11.3. The van der Waals surface area contributed by atoms with E-state index in [4.69, 9.17) is 9.47 Å². The summed E-state index contributed by atoms with van der Waals surface area (Å²) >= 11 is 0. The number of esters is 2. The fourth-order valence-electron chi connectivity index (χ4n) is 6.09. The Morgan fingerprint density at radius 3 is 2.62 bits per heavy atom. The van der Waals surface area contributed by atoms with Crippen molar-refractivity contribution in [3.63, 3.8) is 0 Å². The highest BCUT2D eigenvalue weighted by atomic mass is 32.2. The molecule has 0 bridgehead atoms. The third-order valence-corrected chi connectivity index (χ3v) is 9.51. The predicted octanol–water partition coefficient (Wildman–Crippen LogP) is 2.84. The summed E-state index contributed by atoms with van der Waals surface area (Å²) in [5.41, 5.74) is 2.05. The van der Waals surface area contributed by atoms with E-state index in [0.29, 0.717) is 17.7 Å². The van der Waals surface area contributed by atoms with Crippen LogP contribution in [0, 0.1) is 12.8 Å². The molecule has 1 N–H and O–H groups in total. The number of benzene rings is 2. The highest BCUT2D eigenvalue weighted by Gasteiger charge is 2.70. The van der Waals surface area contributed by atoms with E-state index in [0.717, 1.165) is 16.5 Å². The summed E-state index contributed by atoms with van der Waals surface area (Å²) in [6.45, 7) is 2.11. The average molecular weight is 481 g/mol. The van der Waals surface area contributed by atoms with Crippen molar-refractivity contribution in [3.8, 4) is 0 Å². The van der Waals surface area contributed by atoms with Crippen LogP contribution in [0.25, 0.3) is 10.9 Å². The van der Waals surface area contributed by atoms with Gasteiger partial charge in [0.1, 0.15) is 17.4 Å². The number of nitrogens with one attached hydrogen (secondary N) is 1. The summed E-state index contributed by atoms with van der Waals surface area (Å²) in [7, 11) is -2.47. The smallest absolute Gasteiger partial charge is 0.318 e. The average Bonchev–Trinajstić information content (AvgIpc) is 3.18. The minimum absolute atomic E-state index is 0.00325. The molecule has 3 aliphatic rings. The zero-order valence-corrected chi connectivity index (χ0v) is 19.6. The summed E-state index contributed by atoms with van der Waals surface area (Å²) in [6, 6.07) is 14.3. The fraction of sp³-hybridized carbons (Fsp3) is 0.360. The van der Waals surface area contributed by atoms with Crippen LogP contribution in [-0.4, -0.2) is 55.4 Å². The van der Waals surface area contributed by atoms with Crippen LogP contribution in [0.1, 0.15) is 35.1 Å². The van der Waals surface area contributed by atoms with Gasteiger partial charge in [-0.15, -0.1) is 0 Å². The lowest BCUT2D eigenvalue weighted by molar-refractivity contribution is -0.227.